The first-order valence-corrected chi connectivity index (χ1v) is 15.3. The van der Waals surface area contributed by atoms with Gasteiger partial charge in [-0.05, 0) is 65.8 Å². The lowest BCUT2D eigenvalue weighted by atomic mass is 10.0. The third-order valence-electron chi connectivity index (χ3n) is 7.73. The minimum Gasteiger partial charge on any atom is -0.494 e. The number of nitrogens with one attached hydrogen (secondary N) is 1. The summed E-state index contributed by atoms with van der Waals surface area (Å²) >= 11 is 0. The van der Waals surface area contributed by atoms with Crippen LogP contribution in [0.4, 0.5) is 0 Å². The molecule has 3 aromatic carbocycles. The van der Waals surface area contributed by atoms with Gasteiger partial charge in [-0.3, -0.25) is 9.69 Å². The van der Waals surface area contributed by atoms with Crippen molar-refractivity contribution < 1.29 is 9.53 Å². The number of carbonyl (C=O) groups is 1. The number of carbonyl (C=O) groups excluding carboxylic acids is 1. The molecule has 218 valence electrons. The van der Waals surface area contributed by atoms with Crippen LogP contribution in [0.3, 0.4) is 0 Å². The van der Waals surface area contributed by atoms with E-state index in [0.717, 1.165) is 59.7 Å². The lowest BCUT2D eigenvalue weighted by Crippen LogP contribution is -2.31. The average Bonchev–Trinajstić information content (AvgIpc) is 3.31. The molecular formula is C36H42N4O2. The normalized spacial score (nSPS) is 18.1. The molecule has 0 radical (unpaired) electrons. The summed E-state index contributed by atoms with van der Waals surface area (Å²) in [4.78, 5) is 20.6. The topological polar surface area (TPSA) is 80.0 Å². The molecule has 0 spiro atoms. The molecule has 3 aromatic rings. The lowest BCUT2D eigenvalue weighted by molar-refractivity contribution is -0.119. The van der Waals surface area contributed by atoms with Crippen molar-refractivity contribution in [2.24, 2.45) is 10.7 Å². The first-order chi connectivity index (χ1) is 20.7. The number of ether oxygens (including phenoxy) is 1. The van der Waals surface area contributed by atoms with E-state index in [4.69, 9.17) is 15.5 Å². The minimum absolute atomic E-state index is 0.0631. The standard InChI is InChI=1S/C36H42N4O2/c37-20-11-3-1-2-4-12-21-42-33-19-13-16-29(23-33)24-34-36(41)40-27-32(30-17-9-6-10-18-30)26-38-25-31(35(40)39-34)22-28-14-7-5-8-15-28/h5-10,13-19,23,27,38H,1-4,11-12,20-22,24-26,37H2/b32-27+,35-31-. The summed E-state index contributed by atoms with van der Waals surface area (Å²) in [5.74, 6) is 1.51. The summed E-state index contributed by atoms with van der Waals surface area (Å²) in [6.07, 6.45) is 10.1. The van der Waals surface area contributed by atoms with Crippen LogP contribution in [-0.4, -0.2) is 42.8 Å². The summed E-state index contributed by atoms with van der Waals surface area (Å²) in [7, 11) is 0. The van der Waals surface area contributed by atoms with Crippen molar-refractivity contribution in [3.63, 3.8) is 0 Å². The number of hydrogen-bond donors (Lipinski definition) is 2. The van der Waals surface area contributed by atoms with E-state index < -0.39 is 0 Å². The number of unbranched alkanes of at least 4 members (excludes halogenated alkanes) is 5. The van der Waals surface area contributed by atoms with Crippen molar-refractivity contribution in [1.82, 2.24) is 10.2 Å². The quantitative estimate of drug-likeness (QED) is 0.226. The van der Waals surface area contributed by atoms with Crippen molar-refractivity contribution in [3.8, 4) is 5.75 Å². The van der Waals surface area contributed by atoms with Gasteiger partial charge in [0.15, 0.2) is 0 Å². The van der Waals surface area contributed by atoms with E-state index in [-0.39, 0.29) is 5.91 Å². The molecule has 0 saturated carbocycles. The van der Waals surface area contributed by atoms with E-state index in [1.165, 1.54) is 31.2 Å². The third kappa shape index (κ3) is 8.05. The first kappa shape index (κ1) is 29.5. The molecule has 42 heavy (non-hydrogen) atoms. The van der Waals surface area contributed by atoms with Crippen molar-refractivity contribution in [2.75, 3.05) is 26.2 Å². The molecule has 6 heteroatoms. The molecule has 0 aromatic heterocycles. The second-order valence-corrected chi connectivity index (χ2v) is 11.0. The molecule has 0 bridgehead atoms. The Kier molecular flexibility index (Phi) is 10.7. The fraction of sp³-hybridized carbons (Fsp3) is 0.333. The lowest BCUT2D eigenvalue weighted by Gasteiger charge is -2.23. The maximum atomic E-state index is 13.9. The van der Waals surface area contributed by atoms with Crippen molar-refractivity contribution in [2.45, 2.75) is 51.4 Å². The van der Waals surface area contributed by atoms with E-state index in [1.807, 2.05) is 54.7 Å². The monoisotopic (exact) mass is 562 g/mol. The maximum Gasteiger partial charge on any atom is 0.278 e. The fourth-order valence-electron chi connectivity index (χ4n) is 5.47. The predicted octanol–water partition coefficient (Wildman–Crippen LogP) is 6.29. The highest BCUT2D eigenvalue weighted by atomic mass is 16.5. The largest absolute Gasteiger partial charge is 0.494 e. The van der Waals surface area contributed by atoms with Gasteiger partial charge in [-0.15, -0.1) is 0 Å². The molecule has 5 rings (SSSR count). The molecule has 6 nitrogen and oxygen atoms in total. The predicted molar refractivity (Wildman–Crippen MR) is 171 cm³/mol. The average molecular weight is 563 g/mol. The van der Waals surface area contributed by atoms with Crippen LogP contribution in [0.2, 0.25) is 0 Å². The van der Waals surface area contributed by atoms with E-state index in [0.29, 0.717) is 31.8 Å². The van der Waals surface area contributed by atoms with Gasteiger partial charge in [-0.1, -0.05) is 98.5 Å². The highest BCUT2D eigenvalue weighted by molar-refractivity contribution is 6.41. The zero-order valence-corrected chi connectivity index (χ0v) is 24.4. The van der Waals surface area contributed by atoms with Gasteiger partial charge < -0.3 is 15.8 Å². The second-order valence-electron chi connectivity index (χ2n) is 11.0. The Balaban J connectivity index is 1.32. The second kappa shape index (κ2) is 15.3. The molecular weight excluding hydrogens is 520 g/mol. The number of aliphatic imine (C=N–C) groups is 1. The van der Waals surface area contributed by atoms with Crippen LogP contribution < -0.4 is 15.8 Å². The van der Waals surface area contributed by atoms with E-state index in [9.17, 15) is 4.79 Å². The van der Waals surface area contributed by atoms with Gasteiger partial charge in [0.25, 0.3) is 5.91 Å². The maximum absolute atomic E-state index is 13.9. The van der Waals surface area contributed by atoms with E-state index >= 15 is 0 Å². The SMILES string of the molecule is NCCCCCCCCOc1cccc(CC2=N/C3=C(\Cc4ccccc4)CNC/C(c4ccccc4)=C\N3C2=O)c1. The van der Waals surface area contributed by atoms with Gasteiger partial charge in [0, 0.05) is 25.7 Å². The van der Waals surface area contributed by atoms with Crippen LogP contribution in [-0.2, 0) is 17.6 Å². The Labute approximate surface area is 250 Å². The highest BCUT2D eigenvalue weighted by Gasteiger charge is 2.32. The zero-order valence-electron chi connectivity index (χ0n) is 24.4. The molecule has 0 aliphatic carbocycles. The number of nitrogens with zero attached hydrogens (tertiary/aromatic N) is 2. The number of fused-ring (bicyclic) bond motifs is 1. The number of amides is 1. The van der Waals surface area contributed by atoms with Gasteiger partial charge >= 0.3 is 0 Å². The van der Waals surface area contributed by atoms with Gasteiger partial charge in [0.05, 0.1) is 6.61 Å². The molecule has 2 aliphatic rings. The van der Waals surface area contributed by atoms with Crippen LogP contribution in [0.5, 0.6) is 5.75 Å². The van der Waals surface area contributed by atoms with Gasteiger partial charge in [-0.25, -0.2) is 4.99 Å². The summed E-state index contributed by atoms with van der Waals surface area (Å²) in [5, 5.41) is 3.59. The Morgan fingerprint density at radius 2 is 1.50 bits per heavy atom. The molecule has 0 fully saturated rings. The Hall–Kier alpha value is -4.00. The fourth-order valence-corrected chi connectivity index (χ4v) is 5.47. The van der Waals surface area contributed by atoms with Crippen molar-refractivity contribution >= 4 is 17.2 Å². The Morgan fingerprint density at radius 1 is 0.786 bits per heavy atom. The zero-order chi connectivity index (χ0) is 29.0. The minimum atomic E-state index is -0.0631. The highest BCUT2D eigenvalue weighted by Crippen LogP contribution is 2.29. The number of benzene rings is 3. The molecule has 1 amide bonds. The number of rotatable bonds is 14. The molecule has 0 unspecified atom stereocenters. The number of nitrogens with two attached hydrogens (primary N) is 1. The van der Waals surface area contributed by atoms with Crippen molar-refractivity contribution in [3.05, 3.63) is 119 Å². The van der Waals surface area contributed by atoms with Crippen molar-refractivity contribution in [1.29, 1.82) is 0 Å². The summed E-state index contributed by atoms with van der Waals surface area (Å²) in [6.45, 7) is 2.81. The smallest absolute Gasteiger partial charge is 0.278 e. The molecule has 0 saturated heterocycles. The van der Waals surface area contributed by atoms with Crippen LogP contribution in [0.25, 0.3) is 5.57 Å². The van der Waals surface area contributed by atoms with Crippen LogP contribution >= 0.6 is 0 Å². The van der Waals surface area contributed by atoms with Gasteiger partial charge in [0.1, 0.15) is 17.3 Å². The van der Waals surface area contributed by atoms with Gasteiger partial charge in [-0.2, -0.15) is 0 Å². The summed E-state index contributed by atoms with van der Waals surface area (Å²) < 4.78 is 6.06. The van der Waals surface area contributed by atoms with Crippen LogP contribution in [0.1, 0.15) is 55.2 Å². The summed E-state index contributed by atoms with van der Waals surface area (Å²) in [6, 6.07) is 28.7. The van der Waals surface area contributed by atoms with E-state index in [2.05, 4.69) is 41.7 Å². The Morgan fingerprint density at radius 3 is 2.29 bits per heavy atom. The first-order valence-electron chi connectivity index (χ1n) is 15.3. The Bertz CT molecular complexity index is 1410. The number of hydrogen-bond acceptors (Lipinski definition) is 5. The molecule has 2 aliphatic heterocycles. The molecule has 3 N–H and O–H groups in total. The van der Waals surface area contributed by atoms with Crippen LogP contribution in [0.15, 0.2) is 108 Å². The van der Waals surface area contributed by atoms with Gasteiger partial charge in [0.2, 0.25) is 0 Å². The van der Waals surface area contributed by atoms with Crippen LogP contribution in [0, 0.1) is 0 Å². The van der Waals surface area contributed by atoms with E-state index in [1.54, 1.807) is 4.90 Å². The summed E-state index contributed by atoms with van der Waals surface area (Å²) in [5.41, 5.74) is 11.6. The molecule has 0 atom stereocenters. The third-order valence-corrected chi connectivity index (χ3v) is 7.73. The molecule has 2 heterocycles.